The highest BCUT2D eigenvalue weighted by molar-refractivity contribution is 5.94. The van der Waals surface area contributed by atoms with Crippen LogP contribution in [-0.2, 0) is 14.2 Å². The molecule has 152 valence electrons. The van der Waals surface area contributed by atoms with Crippen LogP contribution < -0.4 is 4.74 Å². The van der Waals surface area contributed by atoms with Crippen LogP contribution in [0, 0.1) is 0 Å². The zero-order valence-corrected chi connectivity index (χ0v) is 16.8. The van der Waals surface area contributed by atoms with Gasteiger partial charge in [0, 0.05) is 6.42 Å². The second kappa shape index (κ2) is 8.47. The first-order valence-corrected chi connectivity index (χ1v) is 9.55. The SMILES string of the molecule is COc1ccc2c(c1)/C=C/CC1OC(C)(C)O[C@@H]1C(O)/C=C\C[C@H](C)OC2=O. The fourth-order valence-corrected chi connectivity index (χ4v) is 3.47. The Labute approximate surface area is 165 Å². The van der Waals surface area contributed by atoms with Gasteiger partial charge in [0.2, 0.25) is 0 Å². The number of ether oxygens (including phenoxy) is 4. The van der Waals surface area contributed by atoms with Crippen LogP contribution in [-0.4, -0.2) is 48.4 Å². The number of carbonyl (C=O) groups excluding carboxylic acids is 1. The monoisotopic (exact) mass is 388 g/mol. The van der Waals surface area contributed by atoms with Gasteiger partial charge in [0.05, 0.1) is 18.8 Å². The number of hydrogen-bond acceptors (Lipinski definition) is 6. The number of cyclic esters (lactones) is 1. The highest BCUT2D eigenvalue weighted by Gasteiger charge is 2.43. The lowest BCUT2D eigenvalue weighted by atomic mass is 10.0. The first-order valence-electron chi connectivity index (χ1n) is 9.55. The molecule has 2 unspecified atom stereocenters. The molecule has 1 aromatic carbocycles. The van der Waals surface area contributed by atoms with Crippen molar-refractivity contribution in [2.24, 2.45) is 0 Å². The summed E-state index contributed by atoms with van der Waals surface area (Å²) < 4.78 is 22.7. The van der Waals surface area contributed by atoms with Crippen LogP contribution in [0.2, 0.25) is 0 Å². The fraction of sp³-hybridized carbons (Fsp3) is 0.500. The quantitative estimate of drug-likeness (QED) is 0.586. The Morgan fingerprint density at radius 1 is 1.18 bits per heavy atom. The smallest absolute Gasteiger partial charge is 0.339 e. The third-order valence-electron chi connectivity index (χ3n) is 4.81. The van der Waals surface area contributed by atoms with Crippen LogP contribution in [0.4, 0.5) is 0 Å². The molecule has 1 N–H and O–H groups in total. The van der Waals surface area contributed by atoms with E-state index in [2.05, 4.69) is 0 Å². The molecule has 6 heteroatoms. The summed E-state index contributed by atoms with van der Waals surface area (Å²) in [6, 6.07) is 5.25. The topological polar surface area (TPSA) is 74.2 Å². The minimum absolute atomic E-state index is 0.299. The van der Waals surface area contributed by atoms with E-state index in [0.29, 0.717) is 29.7 Å². The van der Waals surface area contributed by atoms with Gasteiger partial charge in [0.25, 0.3) is 0 Å². The summed E-state index contributed by atoms with van der Waals surface area (Å²) in [6.07, 6.45) is 6.38. The van der Waals surface area contributed by atoms with Crippen LogP contribution >= 0.6 is 0 Å². The van der Waals surface area contributed by atoms with E-state index in [1.165, 1.54) is 0 Å². The van der Waals surface area contributed by atoms with E-state index < -0.39 is 18.0 Å². The Balaban J connectivity index is 1.94. The molecule has 2 heterocycles. The third-order valence-corrected chi connectivity index (χ3v) is 4.81. The summed E-state index contributed by atoms with van der Waals surface area (Å²) in [6.45, 7) is 5.49. The van der Waals surface area contributed by atoms with Crippen LogP contribution in [0.25, 0.3) is 6.08 Å². The molecule has 1 fully saturated rings. The first-order chi connectivity index (χ1) is 13.3. The average Bonchev–Trinajstić information content (AvgIpc) is 2.95. The summed E-state index contributed by atoms with van der Waals surface area (Å²) in [5, 5.41) is 10.5. The van der Waals surface area contributed by atoms with Crippen molar-refractivity contribution in [2.75, 3.05) is 7.11 Å². The van der Waals surface area contributed by atoms with Crippen molar-refractivity contribution >= 4 is 12.0 Å². The van der Waals surface area contributed by atoms with Crippen molar-refractivity contribution in [1.29, 1.82) is 0 Å². The Kier molecular flexibility index (Phi) is 6.23. The minimum atomic E-state index is -0.807. The van der Waals surface area contributed by atoms with E-state index in [0.717, 1.165) is 0 Å². The van der Waals surface area contributed by atoms with Crippen molar-refractivity contribution < 1.29 is 28.8 Å². The van der Waals surface area contributed by atoms with Gasteiger partial charge in [-0.15, -0.1) is 0 Å². The number of esters is 1. The number of rotatable bonds is 1. The predicted molar refractivity (Wildman–Crippen MR) is 105 cm³/mol. The molecule has 1 aromatic rings. The number of fused-ring (bicyclic) bond motifs is 2. The lowest BCUT2D eigenvalue weighted by Crippen LogP contribution is -2.34. The highest BCUT2D eigenvalue weighted by Crippen LogP contribution is 2.33. The Morgan fingerprint density at radius 3 is 2.71 bits per heavy atom. The third kappa shape index (κ3) is 4.82. The first kappa shape index (κ1) is 20.6. The number of aliphatic hydroxyl groups excluding tert-OH is 1. The van der Waals surface area contributed by atoms with Gasteiger partial charge in [0.1, 0.15) is 24.1 Å². The second-order valence-electron chi connectivity index (χ2n) is 7.60. The molecule has 0 saturated carbocycles. The Hall–Kier alpha value is -2.15. The van der Waals surface area contributed by atoms with Crippen LogP contribution in [0.1, 0.15) is 49.5 Å². The Morgan fingerprint density at radius 2 is 1.96 bits per heavy atom. The average molecular weight is 388 g/mol. The molecule has 6 nitrogen and oxygen atoms in total. The lowest BCUT2D eigenvalue weighted by Gasteiger charge is -2.20. The van der Waals surface area contributed by atoms with Crippen molar-refractivity contribution in [1.82, 2.24) is 0 Å². The zero-order valence-electron chi connectivity index (χ0n) is 16.8. The number of hydrogen-bond donors (Lipinski definition) is 1. The van der Waals surface area contributed by atoms with Gasteiger partial charge >= 0.3 is 5.97 Å². The maximum atomic E-state index is 12.6. The largest absolute Gasteiger partial charge is 0.497 e. The van der Waals surface area contributed by atoms with E-state index in [-0.39, 0.29) is 18.2 Å². The number of benzene rings is 1. The molecule has 0 radical (unpaired) electrons. The molecule has 0 amide bonds. The molecule has 0 bridgehead atoms. The van der Waals surface area contributed by atoms with Crippen molar-refractivity contribution in [3.8, 4) is 5.75 Å². The normalized spacial score (nSPS) is 32.4. The van der Waals surface area contributed by atoms with Gasteiger partial charge < -0.3 is 24.1 Å². The molecule has 0 aliphatic carbocycles. The van der Waals surface area contributed by atoms with Crippen molar-refractivity contribution in [3.05, 3.63) is 47.6 Å². The highest BCUT2D eigenvalue weighted by atomic mass is 16.8. The number of carbonyl (C=O) groups is 1. The molecule has 2 aliphatic rings. The summed E-state index contributed by atoms with van der Waals surface area (Å²) in [7, 11) is 1.58. The second-order valence-corrected chi connectivity index (χ2v) is 7.60. The molecule has 0 spiro atoms. The van der Waals surface area contributed by atoms with Crippen molar-refractivity contribution in [3.63, 3.8) is 0 Å². The van der Waals surface area contributed by atoms with E-state index in [9.17, 15) is 9.90 Å². The molecule has 28 heavy (non-hydrogen) atoms. The van der Waals surface area contributed by atoms with E-state index in [1.54, 1.807) is 31.4 Å². The van der Waals surface area contributed by atoms with Gasteiger partial charge in [0.15, 0.2) is 5.79 Å². The van der Waals surface area contributed by atoms with Crippen LogP contribution in [0.15, 0.2) is 36.4 Å². The molecule has 0 aromatic heterocycles. The minimum Gasteiger partial charge on any atom is -0.497 e. The van der Waals surface area contributed by atoms with E-state index >= 15 is 0 Å². The van der Waals surface area contributed by atoms with Gasteiger partial charge in [-0.3, -0.25) is 0 Å². The van der Waals surface area contributed by atoms with Gasteiger partial charge in [-0.25, -0.2) is 4.79 Å². The van der Waals surface area contributed by atoms with Crippen LogP contribution in [0.3, 0.4) is 0 Å². The molecule has 4 atom stereocenters. The predicted octanol–water partition coefficient (Wildman–Crippen LogP) is 3.48. The maximum Gasteiger partial charge on any atom is 0.339 e. The molecule has 2 aliphatic heterocycles. The van der Waals surface area contributed by atoms with E-state index in [4.69, 9.17) is 18.9 Å². The summed E-state index contributed by atoms with van der Waals surface area (Å²) >= 11 is 0. The molecule has 1 saturated heterocycles. The maximum absolute atomic E-state index is 12.6. The van der Waals surface area contributed by atoms with Gasteiger partial charge in [-0.1, -0.05) is 24.3 Å². The lowest BCUT2D eigenvalue weighted by molar-refractivity contribution is -0.152. The molecule has 3 rings (SSSR count). The number of aliphatic hydroxyl groups is 1. The molecular formula is C22H28O6. The molecular weight excluding hydrogens is 360 g/mol. The fourth-order valence-electron chi connectivity index (χ4n) is 3.47. The number of methoxy groups -OCH3 is 1. The summed E-state index contributed by atoms with van der Waals surface area (Å²) in [5.41, 5.74) is 1.19. The van der Waals surface area contributed by atoms with Crippen molar-refractivity contribution in [2.45, 2.75) is 63.8 Å². The standard InChI is InChI=1S/C22H28O6/c1-14-7-5-9-18(23)20-19(27-22(2,3)28-20)10-6-8-15-13-16(25-4)11-12-17(15)21(24)26-14/h5-6,8-9,11-14,18-20,23H,7,10H2,1-4H3/b8-6+,9-5-/t14-,18?,19?,20+/m0/s1. The van der Waals surface area contributed by atoms with E-state index in [1.807, 2.05) is 39.0 Å². The Bertz CT molecular complexity index is 766. The zero-order chi connectivity index (χ0) is 20.3. The van der Waals surface area contributed by atoms with Gasteiger partial charge in [-0.05, 0) is 51.0 Å². The van der Waals surface area contributed by atoms with Crippen LogP contribution in [0.5, 0.6) is 5.75 Å². The summed E-state index contributed by atoms with van der Waals surface area (Å²) in [5.74, 6) is -0.497. The summed E-state index contributed by atoms with van der Waals surface area (Å²) in [4.78, 5) is 12.6. The van der Waals surface area contributed by atoms with Gasteiger partial charge in [-0.2, -0.15) is 0 Å².